The zero-order valence-corrected chi connectivity index (χ0v) is 20.0. The van der Waals surface area contributed by atoms with Gasteiger partial charge in [0.1, 0.15) is 11.8 Å². The number of hydrogen-bond donors (Lipinski definition) is 1. The van der Waals surface area contributed by atoms with Crippen LogP contribution in [0.4, 0.5) is 0 Å². The Bertz CT molecular complexity index is 918. The molecule has 2 aromatic carbocycles. The van der Waals surface area contributed by atoms with Gasteiger partial charge in [-0.25, -0.2) is 0 Å². The summed E-state index contributed by atoms with van der Waals surface area (Å²) >= 11 is 12.3. The van der Waals surface area contributed by atoms with Crippen molar-refractivity contribution in [2.75, 3.05) is 13.2 Å². The molecule has 0 saturated carbocycles. The first-order valence-electron chi connectivity index (χ1n) is 10.5. The molecule has 0 fully saturated rings. The van der Waals surface area contributed by atoms with Gasteiger partial charge in [0.2, 0.25) is 5.91 Å². The van der Waals surface area contributed by atoms with E-state index >= 15 is 0 Å². The molecule has 7 heteroatoms. The molecule has 1 atom stereocenters. The van der Waals surface area contributed by atoms with Crippen molar-refractivity contribution >= 4 is 35.0 Å². The molecule has 0 bridgehead atoms. The first kappa shape index (κ1) is 25.0. The Labute approximate surface area is 194 Å². The van der Waals surface area contributed by atoms with E-state index in [1.54, 1.807) is 18.2 Å². The highest BCUT2D eigenvalue weighted by Gasteiger charge is 2.29. The third-order valence-corrected chi connectivity index (χ3v) is 5.72. The molecule has 0 radical (unpaired) electrons. The molecule has 168 valence electrons. The smallest absolute Gasteiger partial charge is 0.261 e. The molecule has 2 aromatic rings. The maximum Gasteiger partial charge on any atom is 0.261 e. The normalized spacial score (nSPS) is 11.7. The average molecular weight is 465 g/mol. The van der Waals surface area contributed by atoms with Gasteiger partial charge >= 0.3 is 0 Å². The Morgan fingerprint density at radius 3 is 2.42 bits per heavy atom. The highest BCUT2D eigenvalue weighted by molar-refractivity contribution is 6.35. The van der Waals surface area contributed by atoms with Crippen molar-refractivity contribution in [3.63, 3.8) is 0 Å². The van der Waals surface area contributed by atoms with Gasteiger partial charge in [-0.3, -0.25) is 9.59 Å². The van der Waals surface area contributed by atoms with Crippen molar-refractivity contribution in [3.8, 4) is 5.75 Å². The van der Waals surface area contributed by atoms with Crippen molar-refractivity contribution in [3.05, 3.63) is 63.1 Å². The summed E-state index contributed by atoms with van der Waals surface area (Å²) in [6.45, 7) is 8.43. The topological polar surface area (TPSA) is 58.6 Å². The number of nitrogens with one attached hydrogen (secondary N) is 1. The third-order valence-electron chi connectivity index (χ3n) is 5.13. The quantitative estimate of drug-likeness (QED) is 0.517. The van der Waals surface area contributed by atoms with E-state index in [9.17, 15) is 9.59 Å². The van der Waals surface area contributed by atoms with Crippen molar-refractivity contribution in [2.24, 2.45) is 0 Å². The summed E-state index contributed by atoms with van der Waals surface area (Å²) in [5, 5.41) is 3.85. The highest BCUT2D eigenvalue weighted by Crippen LogP contribution is 2.24. The van der Waals surface area contributed by atoms with Crippen LogP contribution in [-0.2, 0) is 16.1 Å². The second-order valence-corrected chi connectivity index (χ2v) is 8.35. The SMILES string of the molecule is CCCNC(=O)[C@@H](CC)N(Cc1ccc(Cl)cc1Cl)C(=O)COc1ccc(C)c(C)c1. The zero-order valence-electron chi connectivity index (χ0n) is 18.5. The number of carbonyl (C=O) groups excluding carboxylic acids is 2. The van der Waals surface area contributed by atoms with Crippen LogP contribution < -0.4 is 10.1 Å². The summed E-state index contributed by atoms with van der Waals surface area (Å²) in [4.78, 5) is 27.5. The minimum Gasteiger partial charge on any atom is -0.484 e. The number of halogens is 2. The number of rotatable bonds is 10. The van der Waals surface area contributed by atoms with Gasteiger partial charge in [-0.15, -0.1) is 0 Å². The van der Waals surface area contributed by atoms with E-state index in [-0.39, 0.29) is 25.0 Å². The highest BCUT2D eigenvalue weighted by atomic mass is 35.5. The van der Waals surface area contributed by atoms with E-state index < -0.39 is 6.04 Å². The first-order chi connectivity index (χ1) is 14.8. The molecule has 1 N–H and O–H groups in total. The molecule has 2 amide bonds. The minimum absolute atomic E-state index is 0.175. The van der Waals surface area contributed by atoms with Gasteiger partial charge in [-0.2, -0.15) is 0 Å². The van der Waals surface area contributed by atoms with Gasteiger partial charge in [0.25, 0.3) is 5.91 Å². The lowest BCUT2D eigenvalue weighted by molar-refractivity contribution is -0.143. The standard InChI is InChI=1S/C24H30Cl2N2O3/c1-5-11-27-24(30)22(6-2)28(14-18-8-9-19(25)13-21(18)26)23(29)15-31-20-10-7-16(3)17(4)12-20/h7-10,12-13,22H,5-6,11,14-15H2,1-4H3,(H,27,30)/t22-/m1/s1. The van der Waals surface area contributed by atoms with Crippen LogP contribution in [0.25, 0.3) is 0 Å². The molecule has 2 rings (SSSR count). The molecule has 0 aliphatic rings. The van der Waals surface area contributed by atoms with Crippen LogP contribution in [0.3, 0.4) is 0 Å². The van der Waals surface area contributed by atoms with E-state index in [2.05, 4.69) is 5.32 Å². The predicted molar refractivity (Wildman–Crippen MR) is 126 cm³/mol. The summed E-state index contributed by atoms with van der Waals surface area (Å²) in [5.41, 5.74) is 2.95. The summed E-state index contributed by atoms with van der Waals surface area (Å²) in [7, 11) is 0. The summed E-state index contributed by atoms with van der Waals surface area (Å²) in [6, 6.07) is 10.2. The van der Waals surface area contributed by atoms with Crippen molar-refractivity contribution in [1.82, 2.24) is 10.2 Å². The summed E-state index contributed by atoms with van der Waals surface area (Å²) < 4.78 is 5.75. The lowest BCUT2D eigenvalue weighted by atomic mass is 10.1. The number of benzene rings is 2. The number of carbonyl (C=O) groups is 2. The van der Waals surface area contributed by atoms with Crippen LogP contribution in [0.1, 0.15) is 43.4 Å². The fraction of sp³-hybridized carbons (Fsp3) is 0.417. The Morgan fingerprint density at radius 2 is 1.81 bits per heavy atom. The molecular weight excluding hydrogens is 435 g/mol. The van der Waals surface area contributed by atoms with Crippen LogP contribution >= 0.6 is 23.2 Å². The molecular formula is C24H30Cl2N2O3. The lowest BCUT2D eigenvalue weighted by Crippen LogP contribution is -2.50. The van der Waals surface area contributed by atoms with E-state index in [1.165, 1.54) is 4.90 Å². The van der Waals surface area contributed by atoms with Gasteiger partial charge in [0, 0.05) is 23.1 Å². The number of amides is 2. The van der Waals surface area contributed by atoms with E-state index in [4.69, 9.17) is 27.9 Å². The van der Waals surface area contributed by atoms with Crippen LogP contribution in [-0.4, -0.2) is 35.9 Å². The maximum absolute atomic E-state index is 13.2. The van der Waals surface area contributed by atoms with Gasteiger partial charge < -0.3 is 15.0 Å². The van der Waals surface area contributed by atoms with E-state index in [1.807, 2.05) is 45.9 Å². The number of nitrogens with zero attached hydrogens (tertiary/aromatic N) is 1. The summed E-state index contributed by atoms with van der Waals surface area (Å²) in [5.74, 6) is 0.140. The average Bonchev–Trinajstić information content (AvgIpc) is 2.74. The van der Waals surface area contributed by atoms with Crippen molar-refractivity contribution < 1.29 is 14.3 Å². The van der Waals surface area contributed by atoms with Crippen LogP contribution in [0.5, 0.6) is 5.75 Å². The fourth-order valence-electron chi connectivity index (χ4n) is 3.15. The minimum atomic E-state index is -0.630. The van der Waals surface area contributed by atoms with Gasteiger partial charge in [-0.1, -0.05) is 49.2 Å². The Hall–Kier alpha value is -2.24. The number of aryl methyl sites for hydroxylation is 2. The largest absolute Gasteiger partial charge is 0.484 e. The second kappa shape index (κ2) is 12.0. The van der Waals surface area contributed by atoms with Crippen LogP contribution in [0, 0.1) is 13.8 Å². The van der Waals surface area contributed by atoms with Crippen molar-refractivity contribution in [2.45, 2.75) is 53.1 Å². The van der Waals surface area contributed by atoms with Crippen LogP contribution in [0.2, 0.25) is 10.0 Å². The van der Waals surface area contributed by atoms with Gasteiger partial charge in [0.05, 0.1) is 0 Å². The molecule has 0 aliphatic heterocycles. The second-order valence-electron chi connectivity index (χ2n) is 7.51. The van der Waals surface area contributed by atoms with Crippen molar-refractivity contribution in [1.29, 1.82) is 0 Å². The molecule has 0 saturated heterocycles. The molecule has 0 aromatic heterocycles. The Kier molecular flexibility index (Phi) is 9.66. The first-order valence-corrected chi connectivity index (χ1v) is 11.2. The molecule has 31 heavy (non-hydrogen) atoms. The van der Waals surface area contributed by atoms with Crippen LogP contribution in [0.15, 0.2) is 36.4 Å². The number of ether oxygens (including phenoxy) is 1. The van der Waals surface area contributed by atoms with Gasteiger partial charge in [0.15, 0.2) is 6.61 Å². The maximum atomic E-state index is 13.2. The molecule has 0 aliphatic carbocycles. The third kappa shape index (κ3) is 7.15. The van der Waals surface area contributed by atoms with Gasteiger partial charge in [-0.05, 0) is 67.6 Å². The number of hydrogen-bond acceptors (Lipinski definition) is 3. The Balaban J connectivity index is 2.24. The van der Waals surface area contributed by atoms with E-state index in [0.717, 1.165) is 17.5 Å². The fourth-order valence-corrected chi connectivity index (χ4v) is 3.62. The monoisotopic (exact) mass is 464 g/mol. The molecule has 0 spiro atoms. The zero-order chi connectivity index (χ0) is 23.0. The molecule has 0 unspecified atom stereocenters. The molecule has 0 heterocycles. The molecule has 5 nitrogen and oxygen atoms in total. The Morgan fingerprint density at radius 1 is 1.06 bits per heavy atom. The summed E-state index contributed by atoms with van der Waals surface area (Å²) in [6.07, 6.45) is 1.28. The van der Waals surface area contributed by atoms with E-state index in [0.29, 0.717) is 34.3 Å². The lowest BCUT2D eigenvalue weighted by Gasteiger charge is -2.31. The predicted octanol–water partition coefficient (Wildman–Crippen LogP) is 5.32.